The molecular weight excluding hydrogens is 380 g/mol. The van der Waals surface area contributed by atoms with E-state index in [2.05, 4.69) is 5.10 Å². The molecule has 1 aromatic heterocycles. The maximum atomic E-state index is 12.2. The van der Waals surface area contributed by atoms with E-state index in [1.54, 1.807) is 36.9 Å². The van der Waals surface area contributed by atoms with E-state index >= 15 is 0 Å². The predicted octanol–water partition coefficient (Wildman–Crippen LogP) is 4.39. The third-order valence-corrected chi connectivity index (χ3v) is 4.17. The number of benzene rings is 2. The molecule has 0 saturated carbocycles. The Kier molecular flexibility index (Phi) is 6.68. The van der Waals surface area contributed by atoms with E-state index < -0.39 is 5.97 Å². The highest BCUT2D eigenvalue weighted by Gasteiger charge is 2.18. The normalized spacial score (nSPS) is 10.7. The summed E-state index contributed by atoms with van der Waals surface area (Å²) in [7, 11) is 1.63. The zero-order valence-electron chi connectivity index (χ0n) is 15.7. The topological polar surface area (TPSA) is 62.6 Å². The van der Waals surface area contributed by atoms with Crippen LogP contribution in [0.2, 0.25) is 5.02 Å². The minimum atomic E-state index is -0.475. The van der Waals surface area contributed by atoms with Crippen molar-refractivity contribution in [2.24, 2.45) is 0 Å². The largest absolute Gasteiger partial charge is 0.491 e. The Labute approximate surface area is 168 Å². The number of nitrogens with zero attached hydrogens (tertiary/aromatic N) is 2. The highest BCUT2D eigenvalue weighted by molar-refractivity contribution is 6.30. The molecule has 0 fully saturated rings. The van der Waals surface area contributed by atoms with Gasteiger partial charge in [-0.2, -0.15) is 5.10 Å². The van der Waals surface area contributed by atoms with Crippen LogP contribution in [0.1, 0.15) is 17.4 Å². The van der Waals surface area contributed by atoms with Crippen molar-refractivity contribution in [2.75, 3.05) is 26.9 Å². The van der Waals surface area contributed by atoms with Gasteiger partial charge >= 0.3 is 5.97 Å². The van der Waals surface area contributed by atoms with Gasteiger partial charge in [0.1, 0.15) is 12.4 Å². The fourth-order valence-electron chi connectivity index (χ4n) is 2.68. The summed E-state index contributed by atoms with van der Waals surface area (Å²) in [6.45, 7) is 2.98. The Hall–Kier alpha value is -2.83. The number of hydrogen-bond acceptors (Lipinski definition) is 5. The molecule has 0 unspecified atom stereocenters. The molecule has 0 aliphatic rings. The van der Waals surface area contributed by atoms with Crippen LogP contribution in [0.4, 0.5) is 0 Å². The summed E-state index contributed by atoms with van der Waals surface area (Å²) in [4.78, 5) is 12.2. The summed E-state index contributed by atoms with van der Waals surface area (Å²) in [6.07, 6.45) is 0. The van der Waals surface area contributed by atoms with Gasteiger partial charge in [-0.1, -0.05) is 29.8 Å². The van der Waals surface area contributed by atoms with Crippen molar-refractivity contribution in [1.29, 1.82) is 0 Å². The first-order valence-corrected chi connectivity index (χ1v) is 9.25. The standard InChI is InChI=1S/C21H21ClN2O4/c1-3-27-21(25)19-14-20(24(23-19)17-8-5-7-16(22)13-17)15-6-4-9-18(12-15)28-11-10-26-2/h4-9,12-14H,3,10-11H2,1-2H3. The molecule has 2 aromatic carbocycles. The second kappa shape index (κ2) is 9.39. The predicted molar refractivity (Wildman–Crippen MR) is 107 cm³/mol. The lowest BCUT2D eigenvalue weighted by atomic mass is 10.1. The van der Waals surface area contributed by atoms with E-state index in [1.807, 2.05) is 36.4 Å². The van der Waals surface area contributed by atoms with Gasteiger partial charge < -0.3 is 14.2 Å². The number of carbonyl (C=O) groups is 1. The lowest BCUT2D eigenvalue weighted by Crippen LogP contribution is -2.07. The van der Waals surface area contributed by atoms with Crippen LogP contribution in [0.3, 0.4) is 0 Å². The molecule has 28 heavy (non-hydrogen) atoms. The third kappa shape index (κ3) is 4.71. The Balaban J connectivity index is 2.03. The molecule has 6 nitrogen and oxygen atoms in total. The van der Waals surface area contributed by atoms with Gasteiger partial charge in [0.05, 0.1) is 24.6 Å². The van der Waals surface area contributed by atoms with Crippen LogP contribution in [-0.2, 0) is 9.47 Å². The van der Waals surface area contributed by atoms with E-state index in [0.717, 1.165) is 16.9 Å². The van der Waals surface area contributed by atoms with Crippen molar-refractivity contribution in [1.82, 2.24) is 9.78 Å². The number of carbonyl (C=O) groups excluding carboxylic acids is 1. The van der Waals surface area contributed by atoms with Crippen molar-refractivity contribution >= 4 is 17.6 Å². The quantitative estimate of drug-likeness (QED) is 0.414. The van der Waals surface area contributed by atoms with Gasteiger partial charge in [0.15, 0.2) is 5.69 Å². The van der Waals surface area contributed by atoms with Gasteiger partial charge in [-0.25, -0.2) is 9.48 Å². The fourth-order valence-corrected chi connectivity index (χ4v) is 2.87. The van der Waals surface area contributed by atoms with Gasteiger partial charge in [0.25, 0.3) is 0 Å². The highest BCUT2D eigenvalue weighted by Crippen LogP contribution is 2.28. The Morgan fingerprint density at radius 3 is 2.68 bits per heavy atom. The van der Waals surface area contributed by atoms with Crippen molar-refractivity contribution in [3.8, 4) is 22.7 Å². The van der Waals surface area contributed by atoms with Crippen molar-refractivity contribution in [2.45, 2.75) is 6.92 Å². The number of ether oxygens (including phenoxy) is 3. The monoisotopic (exact) mass is 400 g/mol. The average Bonchev–Trinajstić information content (AvgIpc) is 3.14. The van der Waals surface area contributed by atoms with E-state index in [-0.39, 0.29) is 12.3 Å². The summed E-state index contributed by atoms with van der Waals surface area (Å²) in [5.74, 6) is 0.225. The lowest BCUT2D eigenvalue weighted by Gasteiger charge is -2.10. The lowest BCUT2D eigenvalue weighted by molar-refractivity contribution is 0.0519. The second-order valence-electron chi connectivity index (χ2n) is 5.90. The summed E-state index contributed by atoms with van der Waals surface area (Å²) in [5.41, 5.74) is 2.53. The summed E-state index contributed by atoms with van der Waals surface area (Å²) < 4.78 is 17.5. The van der Waals surface area contributed by atoms with Crippen LogP contribution in [-0.4, -0.2) is 42.7 Å². The highest BCUT2D eigenvalue weighted by atomic mass is 35.5. The first kappa shape index (κ1) is 19.9. The summed E-state index contributed by atoms with van der Waals surface area (Å²) in [6, 6.07) is 16.5. The summed E-state index contributed by atoms with van der Waals surface area (Å²) in [5, 5.41) is 5.02. The van der Waals surface area contributed by atoms with Crippen molar-refractivity contribution in [3.05, 3.63) is 65.3 Å². The molecule has 0 aliphatic carbocycles. The van der Waals surface area contributed by atoms with Crippen LogP contribution in [0.25, 0.3) is 16.9 Å². The fraction of sp³-hybridized carbons (Fsp3) is 0.238. The number of hydrogen-bond donors (Lipinski definition) is 0. The first-order chi connectivity index (χ1) is 13.6. The number of esters is 1. The molecule has 0 bridgehead atoms. The van der Waals surface area contributed by atoms with Crippen LogP contribution in [0, 0.1) is 0 Å². The van der Waals surface area contributed by atoms with E-state index in [1.165, 1.54) is 0 Å². The Bertz CT molecular complexity index is 955. The van der Waals surface area contributed by atoms with E-state index in [9.17, 15) is 4.79 Å². The third-order valence-electron chi connectivity index (χ3n) is 3.93. The van der Waals surface area contributed by atoms with Crippen LogP contribution in [0.15, 0.2) is 54.6 Å². The molecule has 3 rings (SSSR count). The average molecular weight is 401 g/mol. The van der Waals surface area contributed by atoms with Crippen LogP contribution >= 0.6 is 11.6 Å². The van der Waals surface area contributed by atoms with Crippen LogP contribution < -0.4 is 4.74 Å². The summed E-state index contributed by atoms with van der Waals surface area (Å²) >= 11 is 6.14. The van der Waals surface area contributed by atoms with Gasteiger partial charge in [0.2, 0.25) is 0 Å². The number of rotatable bonds is 8. The van der Waals surface area contributed by atoms with E-state index in [4.69, 9.17) is 25.8 Å². The van der Waals surface area contributed by atoms with Gasteiger partial charge in [-0.3, -0.25) is 0 Å². The van der Waals surface area contributed by atoms with Crippen LogP contribution in [0.5, 0.6) is 5.75 Å². The second-order valence-corrected chi connectivity index (χ2v) is 6.33. The molecule has 0 amide bonds. The molecule has 0 N–H and O–H groups in total. The molecule has 0 saturated heterocycles. The van der Waals surface area contributed by atoms with Crippen molar-refractivity contribution in [3.63, 3.8) is 0 Å². The molecule has 3 aromatic rings. The SMILES string of the molecule is CCOC(=O)c1cc(-c2cccc(OCCOC)c2)n(-c2cccc(Cl)c2)n1. The minimum absolute atomic E-state index is 0.225. The van der Waals surface area contributed by atoms with Gasteiger partial charge in [-0.15, -0.1) is 0 Å². The molecule has 146 valence electrons. The molecule has 7 heteroatoms. The maximum absolute atomic E-state index is 12.2. The molecule has 0 spiro atoms. The number of aromatic nitrogens is 2. The Morgan fingerprint density at radius 1 is 1.11 bits per heavy atom. The molecule has 1 heterocycles. The van der Waals surface area contributed by atoms with Gasteiger partial charge in [0, 0.05) is 17.7 Å². The molecular formula is C21H21ClN2O4. The Morgan fingerprint density at radius 2 is 1.93 bits per heavy atom. The number of halogens is 1. The molecule has 0 atom stereocenters. The zero-order valence-corrected chi connectivity index (χ0v) is 16.5. The smallest absolute Gasteiger partial charge is 0.358 e. The maximum Gasteiger partial charge on any atom is 0.358 e. The zero-order chi connectivity index (χ0) is 19.9. The van der Waals surface area contributed by atoms with Gasteiger partial charge in [-0.05, 0) is 43.3 Å². The molecule has 0 aliphatic heterocycles. The first-order valence-electron chi connectivity index (χ1n) is 8.87. The van der Waals surface area contributed by atoms with Crippen molar-refractivity contribution < 1.29 is 19.0 Å². The minimum Gasteiger partial charge on any atom is -0.491 e. The van der Waals surface area contributed by atoms with E-state index in [0.29, 0.717) is 24.0 Å². The number of methoxy groups -OCH3 is 1. The molecule has 0 radical (unpaired) electrons.